The first-order valence-corrected chi connectivity index (χ1v) is 13.1. The van der Waals surface area contributed by atoms with Crippen LogP contribution in [0.25, 0.3) is 0 Å². The van der Waals surface area contributed by atoms with Crippen LogP contribution in [0.3, 0.4) is 0 Å². The highest BCUT2D eigenvalue weighted by atomic mass is 16.4. The zero-order chi connectivity index (χ0) is 24.3. The van der Waals surface area contributed by atoms with Crippen LogP contribution in [0.1, 0.15) is 81.1 Å². The van der Waals surface area contributed by atoms with Gasteiger partial charge in [-0.25, -0.2) is 0 Å². The van der Waals surface area contributed by atoms with E-state index in [0.29, 0.717) is 41.8 Å². The average molecular weight is 455 g/mol. The van der Waals surface area contributed by atoms with Gasteiger partial charge in [-0.3, -0.25) is 9.69 Å². The molecule has 0 amide bonds. The summed E-state index contributed by atoms with van der Waals surface area (Å²) in [5.74, 6) is 1.63. The first-order valence-electron chi connectivity index (χ1n) is 13.1. The van der Waals surface area contributed by atoms with E-state index in [1.54, 1.807) is 0 Å². The van der Waals surface area contributed by atoms with Crippen LogP contribution in [-0.4, -0.2) is 72.9 Å². The summed E-state index contributed by atoms with van der Waals surface area (Å²) >= 11 is 0. The van der Waals surface area contributed by atoms with E-state index >= 15 is 0 Å². The molecule has 6 heteroatoms. The second kappa shape index (κ2) is 15.3. The Labute approximate surface area is 198 Å². The van der Waals surface area contributed by atoms with Gasteiger partial charge in [-0.15, -0.1) is 0 Å². The van der Waals surface area contributed by atoms with Gasteiger partial charge in [-0.05, 0) is 49.4 Å². The summed E-state index contributed by atoms with van der Waals surface area (Å²) in [6.45, 7) is 21.8. The van der Waals surface area contributed by atoms with Gasteiger partial charge < -0.3 is 21.1 Å². The molecule has 0 aromatic heterocycles. The summed E-state index contributed by atoms with van der Waals surface area (Å²) in [6.07, 6.45) is 4.33. The predicted molar refractivity (Wildman–Crippen MR) is 136 cm³/mol. The van der Waals surface area contributed by atoms with Crippen molar-refractivity contribution in [3.8, 4) is 0 Å². The fourth-order valence-corrected chi connectivity index (χ4v) is 5.03. The summed E-state index contributed by atoms with van der Waals surface area (Å²) in [6, 6.07) is 1.35. The van der Waals surface area contributed by atoms with Crippen molar-refractivity contribution in [2.45, 2.75) is 105 Å². The third kappa shape index (κ3) is 13.1. The Morgan fingerprint density at radius 1 is 0.719 bits per heavy atom. The Kier molecular flexibility index (Phi) is 14.0. The maximum absolute atomic E-state index is 11.8. The van der Waals surface area contributed by atoms with Crippen molar-refractivity contribution in [1.29, 1.82) is 0 Å². The second-order valence-corrected chi connectivity index (χ2v) is 11.8. The van der Waals surface area contributed by atoms with Gasteiger partial charge in [-0.1, -0.05) is 55.4 Å². The molecule has 0 radical (unpaired) electrons. The molecule has 0 spiro atoms. The van der Waals surface area contributed by atoms with Crippen molar-refractivity contribution in [2.75, 3.05) is 32.7 Å². The number of aliphatic carboxylic acids is 1. The van der Waals surface area contributed by atoms with Crippen molar-refractivity contribution >= 4 is 5.97 Å². The molecule has 1 fully saturated rings. The third-order valence-electron chi connectivity index (χ3n) is 6.27. The van der Waals surface area contributed by atoms with E-state index in [1.807, 2.05) is 0 Å². The van der Waals surface area contributed by atoms with Crippen LogP contribution < -0.4 is 16.0 Å². The van der Waals surface area contributed by atoms with Gasteiger partial charge >= 0.3 is 5.97 Å². The van der Waals surface area contributed by atoms with E-state index < -0.39 is 5.97 Å². The minimum absolute atomic E-state index is 0.109. The van der Waals surface area contributed by atoms with Crippen molar-refractivity contribution in [3.05, 3.63) is 0 Å². The van der Waals surface area contributed by atoms with Gasteiger partial charge in [0.2, 0.25) is 0 Å². The average Bonchev–Trinajstić information content (AvgIpc) is 2.63. The Morgan fingerprint density at radius 3 is 1.56 bits per heavy atom. The highest BCUT2D eigenvalue weighted by Gasteiger charge is 2.27. The van der Waals surface area contributed by atoms with Crippen LogP contribution in [0.2, 0.25) is 0 Å². The van der Waals surface area contributed by atoms with Gasteiger partial charge in [0.1, 0.15) is 0 Å². The van der Waals surface area contributed by atoms with E-state index in [9.17, 15) is 9.90 Å². The summed E-state index contributed by atoms with van der Waals surface area (Å²) in [7, 11) is 0. The number of rotatable bonds is 10. The summed E-state index contributed by atoms with van der Waals surface area (Å²) < 4.78 is 0. The van der Waals surface area contributed by atoms with Gasteiger partial charge in [0, 0.05) is 50.3 Å². The fourth-order valence-electron chi connectivity index (χ4n) is 5.03. The topological polar surface area (TPSA) is 76.6 Å². The molecule has 0 aromatic carbocycles. The van der Waals surface area contributed by atoms with Crippen LogP contribution in [0.5, 0.6) is 0 Å². The molecule has 32 heavy (non-hydrogen) atoms. The Bertz CT molecular complexity index is 510. The van der Waals surface area contributed by atoms with Gasteiger partial charge in [-0.2, -0.15) is 0 Å². The number of carboxylic acid groups (broad SMARTS) is 1. The predicted octanol–water partition coefficient (Wildman–Crippen LogP) is 3.81. The van der Waals surface area contributed by atoms with Crippen LogP contribution in [0.15, 0.2) is 0 Å². The standard InChI is InChI=1S/C26H54N4O2/c1-18(2)9-22-14-28-24(11-20(5)6)16-30(17-26(31)32)25(12-21(7)8)15-29-23(13-27-22)10-19(3)4/h18-25,27-29H,9-17H2,1-8H3,(H,31,32)/t22-,23-,24-,25-/m1/s1. The van der Waals surface area contributed by atoms with E-state index in [0.717, 1.165) is 51.9 Å². The lowest BCUT2D eigenvalue weighted by molar-refractivity contribution is -0.139. The molecule has 0 aliphatic carbocycles. The summed E-state index contributed by atoms with van der Waals surface area (Å²) in [4.78, 5) is 14.0. The lowest BCUT2D eigenvalue weighted by Gasteiger charge is -2.38. The Hall–Kier alpha value is -0.690. The van der Waals surface area contributed by atoms with Crippen LogP contribution in [0.4, 0.5) is 0 Å². The highest BCUT2D eigenvalue weighted by Crippen LogP contribution is 2.17. The van der Waals surface area contributed by atoms with E-state index in [2.05, 4.69) is 76.2 Å². The molecule has 4 N–H and O–H groups in total. The zero-order valence-corrected chi connectivity index (χ0v) is 22.3. The second-order valence-electron chi connectivity index (χ2n) is 11.8. The monoisotopic (exact) mass is 454 g/mol. The highest BCUT2D eigenvalue weighted by molar-refractivity contribution is 5.69. The molecule has 0 bridgehead atoms. The van der Waals surface area contributed by atoms with Crippen molar-refractivity contribution in [3.63, 3.8) is 0 Å². The van der Waals surface area contributed by atoms with E-state index in [1.165, 1.54) is 0 Å². The van der Waals surface area contributed by atoms with Crippen molar-refractivity contribution in [1.82, 2.24) is 20.9 Å². The molecule has 190 valence electrons. The molecule has 0 aromatic rings. The zero-order valence-electron chi connectivity index (χ0n) is 22.3. The molecule has 4 atom stereocenters. The number of nitrogens with zero attached hydrogens (tertiary/aromatic N) is 1. The van der Waals surface area contributed by atoms with Crippen LogP contribution in [0, 0.1) is 23.7 Å². The quantitative estimate of drug-likeness (QED) is 0.402. The smallest absolute Gasteiger partial charge is 0.317 e. The third-order valence-corrected chi connectivity index (χ3v) is 6.27. The molecule has 1 aliphatic rings. The number of hydrogen-bond acceptors (Lipinski definition) is 5. The Balaban J connectivity index is 3.16. The SMILES string of the molecule is CC(C)C[C@@H]1CN(CC(=O)O)[C@H](CC(C)C)CN[C@H](CC(C)C)CN[C@H](CC(C)C)CN1. The molecule has 1 saturated heterocycles. The van der Waals surface area contributed by atoms with Gasteiger partial charge in [0.05, 0.1) is 6.54 Å². The van der Waals surface area contributed by atoms with Gasteiger partial charge in [0.15, 0.2) is 0 Å². The molecule has 1 heterocycles. The van der Waals surface area contributed by atoms with E-state index in [4.69, 9.17) is 0 Å². The van der Waals surface area contributed by atoms with Crippen molar-refractivity contribution < 1.29 is 9.90 Å². The number of nitrogens with one attached hydrogen (secondary N) is 3. The molecule has 0 saturated carbocycles. The maximum atomic E-state index is 11.8. The molecular weight excluding hydrogens is 400 g/mol. The molecule has 0 unspecified atom stereocenters. The number of hydrogen-bond donors (Lipinski definition) is 4. The first kappa shape index (κ1) is 29.3. The fraction of sp³-hybridized carbons (Fsp3) is 0.962. The number of carboxylic acids is 1. The normalized spacial score (nSPS) is 27.1. The summed E-state index contributed by atoms with van der Waals surface area (Å²) in [5, 5.41) is 21.2. The van der Waals surface area contributed by atoms with Crippen LogP contribution in [-0.2, 0) is 4.79 Å². The molecule has 1 rings (SSSR count). The summed E-state index contributed by atoms with van der Waals surface area (Å²) in [5.41, 5.74) is 0. The Morgan fingerprint density at radius 2 is 1.12 bits per heavy atom. The number of carbonyl (C=O) groups is 1. The largest absolute Gasteiger partial charge is 0.480 e. The first-order chi connectivity index (χ1) is 15.0. The lowest BCUT2D eigenvalue weighted by Crippen LogP contribution is -2.56. The molecule has 6 nitrogen and oxygen atoms in total. The van der Waals surface area contributed by atoms with E-state index in [-0.39, 0.29) is 12.6 Å². The minimum atomic E-state index is -0.729. The van der Waals surface area contributed by atoms with Crippen molar-refractivity contribution in [2.24, 2.45) is 23.7 Å². The lowest BCUT2D eigenvalue weighted by atomic mass is 9.96. The van der Waals surface area contributed by atoms with Crippen LogP contribution >= 0.6 is 0 Å². The van der Waals surface area contributed by atoms with Gasteiger partial charge in [0.25, 0.3) is 0 Å². The molecular formula is C26H54N4O2. The minimum Gasteiger partial charge on any atom is -0.480 e. The molecule has 1 aliphatic heterocycles. The maximum Gasteiger partial charge on any atom is 0.317 e.